The van der Waals surface area contributed by atoms with E-state index >= 15 is 0 Å². The number of nitrogens with one attached hydrogen (secondary N) is 1. The molecule has 1 N–H and O–H groups in total. The van der Waals surface area contributed by atoms with Gasteiger partial charge in [0.1, 0.15) is 11.5 Å². The Balaban J connectivity index is 1.73. The summed E-state index contributed by atoms with van der Waals surface area (Å²) in [6.07, 6.45) is 3.56. The van der Waals surface area contributed by atoms with Gasteiger partial charge in [-0.25, -0.2) is 4.98 Å². The van der Waals surface area contributed by atoms with Crippen molar-refractivity contribution in [2.24, 2.45) is 0 Å². The van der Waals surface area contributed by atoms with Crippen LogP contribution < -0.4 is 10.1 Å². The maximum absolute atomic E-state index is 12.5. The van der Waals surface area contributed by atoms with E-state index in [1.165, 1.54) is 23.1 Å². The van der Waals surface area contributed by atoms with Crippen molar-refractivity contribution in [2.45, 2.75) is 11.5 Å². The molecule has 2 heterocycles. The maximum Gasteiger partial charge on any atom is 0.268 e. The third kappa shape index (κ3) is 4.54. The number of pyridine rings is 1. The van der Waals surface area contributed by atoms with Gasteiger partial charge in [0.2, 0.25) is 0 Å². The molecule has 0 spiro atoms. The van der Waals surface area contributed by atoms with Gasteiger partial charge in [0.15, 0.2) is 11.6 Å². The van der Waals surface area contributed by atoms with Crippen LogP contribution in [0.25, 0.3) is 0 Å². The topological polar surface area (TPSA) is 51.2 Å². The number of carbonyl (C=O) groups excluding carboxylic acids is 1. The molecule has 0 aliphatic carbocycles. The van der Waals surface area contributed by atoms with Crippen molar-refractivity contribution in [3.05, 3.63) is 69.5 Å². The second-order valence-electron chi connectivity index (χ2n) is 5.04. The zero-order chi connectivity index (χ0) is 17.6. The Hall–Kier alpha value is -2.02. The third-order valence-corrected chi connectivity index (χ3v) is 5.40. The minimum atomic E-state index is -0.189. The lowest BCUT2D eigenvalue weighted by atomic mass is 10.2. The predicted octanol–water partition coefficient (Wildman–Crippen LogP) is 5.35. The lowest BCUT2D eigenvalue weighted by Crippen LogP contribution is -2.13. The van der Waals surface area contributed by atoms with Crippen molar-refractivity contribution >= 4 is 46.4 Å². The first-order valence-corrected chi connectivity index (χ1v) is 9.90. The molecular formula is C18H15ClN2O2S2. The molecule has 0 aliphatic rings. The van der Waals surface area contributed by atoms with E-state index in [4.69, 9.17) is 16.3 Å². The first-order chi connectivity index (χ1) is 12.2. The van der Waals surface area contributed by atoms with Gasteiger partial charge in [-0.3, -0.25) is 4.79 Å². The van der Waals surface area contributed by atoms with Gasteiger partial charge < -0.3 is 10.1 Å². The van der Waals surface area contributed by atoms with Crippen LogP contribution in [-0.4, -0.2) is 17.1 Å². The number of anilines is 1. The molecule has 0 radical (unpaired) electrons. The molecule has 4 nitrogen and oxygen atoms in total. The number of nitrogens with zero attached hydrogens (tertiary/aromatic N) is 1. The Bertz CT molecular complexity index is 883. The Morgan fingerprint density at radius 2 is 2.20 bits per heavy atom. The number of carbonyl (C=O) groups is 1. The smallest absolute Gasteiger partial charge is 0.268 e. The summed E-state index contributed by atoms with van der Waals surface area (Å²) in [5, 5.41) is 5.39. The fourth-order valence-electron chi connectivity index (χ4n) is 2.18. The van der Waals surface area contributed by atoms with Crippen molar-refractivity contribution in [1.29, 1.82) is 0 Å². The molecule has 7 heteroatoms. The third-order valence-electron chi connectivity index (χ3n) is 3.34. The molecule has 2 aromatic heterocycles. The number of hydrogen-bond donors (Lipinski definition) is 1. The van der Waals surface area contributed by atoms with Gasteiger partial charge >= 0.3 is 0 Å². The molecule has 0 aliphatic heterocycles. The molecule has 0 unspecified atom stereocenters. The van der Waals surface area contributed by atoms with Crippen molar-refractivity contribution < 1.29 is 9.53 Å². The van der Waals surface area contributed by atoms with Gasteiger partial charge in [-0.15, -0.1) is 23.1 Å². The summed E-state index contributed by atoms with van der Waals surface area (Å²) in [4.78, 5) is 18.3. The number of hydrogen-bond acceptors (Lipinski definition) is 5. The van der Waals surface area contributed by atoms with Gasteiger partial charge in [-0.05, 0) is 47.5 Å². The molecule has 0 saturated carbocycles. The van der Waals surface area contributed by atoms with Crippen LogP contribution in [0, 0.1) is 0 Å². The number of thiophene rings is 1. The van der Waals surface area contributed by atoms with Gasteiger partial charge in [-0.2, -0.15) is 0 Å². The number of ether oxygens (including phenoxy) is 1. The highest BCUT2D eigenvalue weighted by molar-refractivity contribution is 7.98. The first kappa shape index (κ1) is 17.8. The fraction of sp³-hybridized carbons (Fsp3) is 0.111. The Labute approximate surface area is 159 Å². The number of amides is 1. The maximum atomic E-state index is 12.5. The zero-order valence-electron chi connectivity index (χ0n) is 13.4. The largest absolute Gasteiger partial charge is 0.485 e. The second-order valence-corrected chi connectivity index (χ2v) is 7.24. The summed E-state index contributed by atoms with van der Waals surface area (Å²) in [7, 11) is 0. The van der Waals surface area contributed by atoms with Crippen LogP contribution in [0.1, 0.15) is 15.2 Å². The van der Waals surface area contributed by atoms with E-state index in [1.54, 1.807) is 18.3 Å². The summed E-state index contributed by atoms with van der Waals surface area (Å²) < 4.78 is 5.82. The van der Waals surface area contributed by atoms with Crippen LogP contribution in [-0.2, 0) is 6.61 Å². The van der Waals surface area contributed by atoms with E-state index < -0.39 is 0 Å². The fourth-order valence-corrected chi connectivity index (χ4v) is 4.03. The number of aromatic nitrogens is 1. The monoisotopic (exact) mass is 390 g/mol. The van der Waals surface area contributed by atoms with E-state index in [0.717, 1.165) is 10.5 Å². The van der Waals surface area contributed by atoms with Gasteiger partial charge in [0.05, 0.1) is 0 Å². The Morgan fingerprint density at radius 1 is 1.32 bits per heavy atom. The molecule has 1 aromatic carbocycles. The van der Waals surface area contributed by atoms with Crippen molar-refractivity contribution in [3.63, 3.8) is 0 Å². The number of halogens is 1. The van der Waals surface area contributed by atoms with E-state index in [-0.39, 0.29) is 5.91 Å². The molecule has 0 bridgehead atoms. The number of thioether (sulfide) groups is 1. The van der Waals surface area contributed by atoms with Crippen LogP contribution in [0.3, 0.4) is 0 Å². The Morgan fingerprint density at radius 3 is 3.00 bits per heavy atom. The van der Waals surface area contributed by atoms with Crippen molar-refractivity contribution in [2.75, 3.05) is 11.6 Å². The lowest BCUT2D eigenvalue weighted by molar-refractivity contribution is 0.102. The summed E-state index contributed by atoms with van der Waals surface area (Å²) >= 11 is 8.93. The van der Waals surface area contributed by atoms with Crippen LogP contribution >= 0.6 is 34.7 Å². The molecule has 128 valence electrons. The number of benzene rings is 1. The van der Waals surface area contributed by atoms with E-state index in [9.17, 15) is 4.79 Å². The quantitative estimate of drug-likeness (QED) is 0.576. The van der Waals surface area contributed by atoms with Crippen LogP contribution in [0.4, 0.5) is 5.82 Å². The summed E-state index contributed by atoms with van der Waals surface area (Å²) in [5.41, 5.74) is 0.941. The standard InChI is InChI=1S/C18H15ClN2O2S2/c1-24-15-7-9-25-16(15)18(22)21-17-14(6-3-8-20-17)23-11-12-4-2-5-13(19)10-12/h2-10H,11H2,1H3,(H,20,21,22). The molecule has 0 saturated heterocycles. The van der Waals surface area contributed by atoms with Crippen LogP contribution in [0.2, 0.25) is 5.02 Å². The van der Waals surface area contributed by atoms with Crippen LogP contribution in [0.15, 0.2) is 58.9 Å². The average Bonchev–Trinajstić information content (AvgIpc) is 3.10. The molecule has 25 heavy (non-hydrogen) atoms. The minimum Gasteiger partial charge on any atom is -0.485 e. The molecular weight excluding hydrogens is 376 g/mol. The number of rotatable bonds is 6. The van der Waals surface area contributed by atoms with E-state index in [0.29, 0.717) is 28.1 Å². The molecule has 0 fully saturated rings. The van der Waals surface area contributed by atoms with Gasteiger partial charge in [0, 0.05) is 16.1 Å². The molecule has 1 amide bonds. The normalized spacial score (nSPS) is 10.5. The van der Waals surface area contributed by atoms with E-state index in [2.05, 4.69) is 10.3 Å². The van der Waals surface area contributed by atoms with E-state index in [1.807, 2.05) is 42.0 Å². The van der Waals surface area contributed by atoms with Crippen molar-refractivity contribution in [1.82, 2.24) is 4.98 Å². The Kier molecular flexibility index (Phi) is 5.96. The highest BCUT2D eigenvalue weighted by Gasteiger charge is 2.15. The van der Waals surface area contributed by atoms with Gasteiger partial charge in [0.25, 0.3) is 5.91 Å². The molecule has 3 aromatic rings. The lowest BCUT2D eigenvalue weighted by Gasteiger charge is -2.11. The molecule has 0 atom stereocenters. The summed E-state index contributed by atoms with van der Waals surface area (Å²) in [6.45, 7) is 0.337. The highest BCUT2D eigenvalue weighted by atomic mass is 35.5. The first-order valence-electron chi connectivity index (χ1n) is 7.42. The van der Waals surface area contributed by atoms with Crippen molar-refractivity contribution in [3.8, 4) is 5.75 Å². The average molecular weight is 391 g/mol. The predicted molar refractivity (Wildman–Crippen MR) is 104 cm³/mol. The molecule has 3 rings (SSSR count). The SMILES string of the molecule is CSc1ccsc1C(=O)Nc1ncccc1OCc1cccc(Cl)c1. The highest BCUT2D eigenvalue weighted by Crippen LogP contribution is 2.28. The minimum absolute atomic E-state index is 0.189. The van der Waals surface area contributed by atoms with Gasteiger partial charge in [-0.1, -0.05) is 23.7 Å². The zero-order valence-corrected chi connectivity index (χ0v) is 15.8. The summed E-state index contributed by atoms with van der Waals surface area (Å²) in [5.74, 6) is 0.721. The second kappa shape index (κ2) is 8.38. The van der Waals surface area contributed by atoms with Crippen LogP contribution in [0.5, 0.6) is 5.75 Å². The summed E-state index contributed by atoms with van der Waals surface area (Å²) in [6, 6.07) is 12.9.